The largest absolute Gasteiger partial charge is 0.372 e. The lowest BCUT2D eigenvalue weighted by Gasteiger charge is -2.23. The molecule has 0 aromatic heterocycles. The zero-order valence-corrected chi connectivity index (χ0v) is 9.21. The average Bonchev–Trinajstić information content (AvgIpc) is 2.32. The van der Waals surface area contributed by atoms with Crippen molar-refractivity contribution in [3.63, 3.8) is 0 Å². The molecule has 2 heteroatoms. The van der Waals surface area contributed by atoms with Crippen LogP contribution in [0.15, 0.2) is 30.3 Å². The van der Waals surface area contributed by atoms with Crippen molar-refractivity contribution in [2.75, 3.05) is 12.0 Å². The van der Waals surface area contributed by atoms with E-state index in [2.05, 4.69) is 34.9 Å². The van der Waals surface area contributed by atoms with Gasteiger partial charge in [-0.2, -0.15) is 0 Å². The summed E-state index contributed by atoms with van der Waals surface area (Å²) in [4.78, 5) is 0. The van der Waals surface area contributed by atoms with E-state index in [0.29, 0.717) is 0 Å². The van der Waals surface area contributed by atoms with Gasteiger partial charge in [0.2, 0.25) is 0 Å². The standard InChI is InChI=1S/C13H20N2/c1-3-7-12(8-4-1)14-11-15-13-9-5-2-6-10-13/h1,3-4,7-8,13-15H,2,5-6,9-11H2. The molecule has 1 aromatic rings. The lowest BCUT2D eigenvalue weighted by Crippen LogP contribution is -2.34. The first-order valence-electron chi connectivity index (χ1n) is 5.97. The normalized spacial score (nSPS) is 17.6. The summed E-state index contributed by atoms with van der Waals surface area (Å²) in [5.74, 6) is 0. The second-order valence-corrected chi connectivity index (χ2v) is 4.26. The summed E-state index contributed by atoms with van der Waals surface area (Å²) in [6, 6.07) is 11.1. The summed E-state index contributed by atoms with van der Waals surface area (Å²) >= 11 is 0. The monoisotopic (exact) mass is 204 g/mol. The van der Waals surface area contributed by atoms with E-state index >= 15 is 0 Å². The number of rotatable bonds is 4. The zero-order chi connectivity index (χ0) is 10.3. The van der Waals surface area contributed by atoms with Gasteiger partial charge in [0.1, 0.15) is 0 Å². The van der Waals surface area contributed by atoms with E-state index in [1.165, 1.54) is 37.8 Å². The number of benzene rings is 1. The molecule has 0 unspecified atom stereocenters. The number of hydrogen-bond acceptors (Lipinski definition) is 2. The van der Waals surface area contributed by atoms with Crippen molar-refractivity contribution in [2.24, 2.45) is 0 Å². The molecule has 0 spiro atoms. The van der Waals surface area contributed by atoms with Crippen LogP contribution in [0.3, 0.4) is 0 Å². The van der Waals surface area contributed by atoms with E-state index in [-0.39, 0.29) is 0 Å². The molecule has 0 aliphatic heterocycles. The highest BCUT2D eigenvalue weighted by molar-refractivity contribution is 5.42. The fraction of sp³-hybridized carbons (Fsp3) is 0.538. The molecule has 0 bridgehead atoms. The third-order valence-corrected chi connectivity index (χ3v) is 3.06. The van der Waals surface area contributed by atoms with Crippen molar-refractivity contribution < 1.29 is 0 Å². The van der Waals surface area contributed by atoms with Gasteiger partial charge in [0.25, 0.3) is 0 Å². The topological polar surface area (TPSA) is 24.1 Å². The first-order valence-corrected chi connectivity index (χ1v) is 5.97. The summed E-state index contributed by atoms with van der Waals surface area (Å²) in [6.07, 6.45) is 6.89. The number of nitrogens with one attached hydrogen (secondary N) is 2. The number of anilines is 1. The molecule has 0 radical (unpaired) electrons. The van der Waals surface area contributed by atoms with Gasteiger partial charge in [0.15, 0.2) is 0 Å². The summed E-state index contributed by atoms with van der Waals surface area (Å²) in [7, 11) is 0. The van der Waals surface area contributed by atoms with Crippen LogP contribution in [0.1, 0.15) is 32.1 Å². The molecule has 1 aliphatic rings. The van der Waals surface area contributed by atoms with Crippen LogP contribution in [0.2, 0.25) is 0 Å². The molecule has 1 fully saturated rings. The van der Waals surface area contributed by atoms with Crippen molar-refractivity contribution in [3.05, 3.63) is 30.3 Å². The van der Waals surface area contributed by atoms with Gasteiger partial charge in [0.05, 0.1) is 6.67 Å². The molecule has 1 saturated carbocycles. The van der Waals surface area contributed by atoms with E-state index in [9.17, 15) is 0 Å². The van der Waals surface area contributed by atoms with E-state index in [1.54, 1.807) is 0 Å². The van der Waals surface area contributed by atoms with Crippen molar-refractivity contribution in [3.8, 4) is 0 Å². The predicted molar refractivity (Wildman–Crippen MR) is 64.9 cm³/mol. The Morgan fingerprint density at radius 3 is 2.47 bits per heavy atom. The van der Waals surface area contributed by atoms with Crippen molar-refractivity contribution in [1.29, 1.82) is 0 Å². The predicted octanol–water partition coefficient (Wildman–Crippen LogP) is 2.98. The van der Waals surface area contributed by atoms with Crippen LogP contribution in [0.5, 0.6) is 0 Å². The van der Waals surface area contributed by atoms with Crippen LogP contribution in [0.25, 0.3) is 0 Å². The van der Waals surface area contributed by atoms with Gasteiger partial charge in [-0.1, -0.05) is 37.5 Å². The number of para-hydroxylation sites is 1. The first-order chi connectivity index (χ1) is 7.45. The zero-order valence-electron chi connectivity index (χ0n) is 9.21. The van der Waals surface area contributed by atoms with E-state index in [1.807, 2.05) is 6.07 Å². The van der Waals surface area contributed by atoms with Gasteiger partial charge in [-0.25, -0.2) is 0 Å². The molecule has 82 valence electrons. The maximum atomic E-state index is 3.56. The fourth-order valence-electron chi connectivity index (χ4n) is 2.16. The Bertz CT molecular complexity index is 265. The van der Waals surface area contributed by atoms with Crippen molar-refractivity contribution in [1.82, 2.24) is 5.32 Å². The van der Waals surface area contributed by atoms with Gasteiger partial charge < -0.3 is 5.32 Å². The highest BCUT2D eigenvalue weighted by Crippen LogP contribution is 2.17. The molecule has 1 aliphatic carbocycles. The van der Waals surface area contributed by atoms with Crippen LogP contribution in [-0.2, 0) is 0 Å². The molecule has 0 saturated heterocycles. The number of hydrogen-bond donors (Lipinski definition) is 2. The second kappa shape index (κ2) is 5.76. The lowest BCUT2D eigenvalue weighted by molar-refractivity contribution is 0.381. The molecule has 0 atom stereocenters. The van der Waals surface area contributed by atoms with Gasteiger partial charge >= 0.3 is 0 Å². The highest BCUT2D eigenvalue weighted by Gasteiger charge is 2.11. The van der Waals surface area contributed by atoms with Gasteiger partial charge in [-0.15, -0.1) is 0 Å². The molecule has 2 rings (SSSR count). The Morgan fingerprint density at radius 2 is 1.73 bits per heavy atom. The van der Waals surface area contributed by atoms with Crippen LogP contribution < -0.4 is 10.6 Å². The molecule has 1 aromatic carbocycles. The molecule has 0 heterocycles. The molecular weight excluding hydrogens is 184 g/mol. The molecule has 2 nitrogen and oxygen atoms in total. The summed E-state index contributed by atoms with van der Waals surface area (Å²) in [5, 5.41) is 6.94. The maximum absolute atomic E-state index is 3.56. The Morgan fingerprint density at radius 1 is 1.00 bits per heavy atom. The van der Waals surface area contributed by atoms with E-state index in [4.69, 9.17) is 0 Å². The summed E-state index contributed by atoms with van der Waals surface area (Å²) in [5.41, 5.74) is 1.20. The molecule has 0 amide bonds. The Labute approximate surface area is 92.1 Å². The average molecular weight is 204 g/mol. The molecule has 2 N–H and O–H groups in total. The Balaban J connectivity index is 1.66. The van der Waals surface area contributed by atoms with Crippen LogP contribution >= 0.6 is 0 Å². The third kappa shape index (κ3) is 3.56. The minimum Gasteiger partial charge on any atom is -0.372 e. The highest BCUT2D eigenvalue weighted by atomic mass is 15.1. The van der Waals surface area contributed by atoms with Crippen LogP contribution in [-0.4, -0.2) is 12.7 Å². The van der Waals surface area contributed by atoms with Crippen molar-refractivity contribution >= 4 is 5.69 Å². The summed E-state index contributed by atoms with van der Waals surface area (Å²) < 4.78 is 0. The minimum atomic E-state index is 0.731. The summed E-state index contributed by atoms with van der Waals surface area (Å²) in [6.45, 7) is 0.884. The van der Waals surface area contributed by atoms with E-state index in [0.717, 1.165) is 12.7 Å². The maximum Gasteiger partial charge on any atom is 0.0655 e. The Hall–Kier alpha value is -1.02. The third-order valence-electron chi connectivity index (χ3n) is 3.06. The molecular formula is C13H20N2. The minimum absolute atomic E-state index is 0.731. The van der Waals surface area contributed by atoms with Crippen molar-refractivity contribution in [2.45, 2.75) is 38.1 Å². The lowest BCUT2D eigenvalue weighted by atomic mass is 9.96. The second-order valence-electron chi connectivity index (χ2n) is 4.26. The fourth-order valence-corrected chi connectivity index (χ4v) is 2.16. The van der Waals surface area contributed by atoms with Gasteiger partial charge in [0, 0.05) is 11.7 Å². The van der Waals surface area contributed by atoms with Gasteiger partial charge in [-0.05, 0) is 25.0 Å². The van der Waals surface area contributed by atoms with E-state index < -0.39 is 0 Å². The molecule has 15 heavy (non-hydrogen) atoms. The Kier molecular flexibility index (Phi) is 4.03. The quantitative estimate of drug-likeness (QED) is 0.737. The smallest absolute Gasteiger partial charge is 0.0655 e. The van der Waals surface area contributed by atoms with Gasteiger partial charge in [-0.3, -0.25) is 5.32 Å². The van der Waals surface area contributed by atoms with Crippen LogP contribution in [0, 0.1) is 0 Å². The first kappa shape index (κ1) is 10.5. The SMILES string of the molecule is c1ccc(NCNC2CCCCC2)cc1. The van der Waals surface area contributed by atoms with Crippen LogP contribution in [0.4, 0.5) is 5.69 Å².